The quantitative estimate of drug-likeness (QED) is 0.116. The molecule has 2 aromatic heterocycles. The van der Waals surface area contributed by atoms with Gasteiger partial charge in [0.05, 0.1) is 21.8 Å². The summed E-state index contributed by atoms with van der Waals surface area (Å²) in [5.74, 6) is -0.199. The van der Waals surface area contributed by atoms with Crippen molar-refractivity contribution in [3.05, 3.63) is 130 Å². The molecule has 0 N–H and O–H groups in total. The topological polar surface area (TPSA) is 203 Å². The van der Waals surface area contributed by atoms with Crippen molar-refractivity contribution in [2.45, 2.75) is 13.1 Å². The Bertz CT molecular complexity index is 2400. The number of hydrogen-bond acceptors (Lipinski definition) is 12. The standard InChI is InChI=1S/C32H24N4O10S2/c37-31-25-13-1-3-15-27(25)33-29(21-9-7-11-23(19-21)45-47(39,40)41)35(31)17-5-6-18-36-30(34-28-16-4-2-14-26(28)32(36)38)22-10-8-12-24(20-22)46-48(42,43)44/h1-16,19-20H,17-18H2,(H,39,40,41)(H,42,43,44)/p-2/b6-5+. The second kappa shape index (κ2) is 12.8. The van der Waals surface area contributed by atoms with Crippen LogP contribution in [0.2, 0.25) is 0 Å². The molecule has 0 amide bonds. The van der Waals surface area contributed by atoms with Gasteiger partial charge in [-0.25, -0.2) is 26.8 Å². The molecule has 0 spiro atoms. The SMILES string of the molecule is O=c1c2ccccc2nc(-c2cccc(OS(=O)(=O)[O-])c2)n1C/C=C/Cn1c(-c2cccc(OS(=O)(=O)[O-])c2)nc2ccccc2c1=O. The van der Waals surface area contributed by atoms with Gasteiger partial charge >= 0.3 is 0 Å². The lowest BCUT2D eigenvalue weighted by Crippen LogP contribution is -2.24. The Morgan fingerprint density at radius 2 is 0.979 bits per heavy atom. The summed E-state index contributed by atoms with van der Waals surface area (Å²) in [6.45, 7) is -0.0700. The highest BCUT2D eigenvalue weighted by atomic mass is 32.3. The highest BCUT2D eigenvalue weighted by Crippen LogP contribution is 2.26. The Morgan fingerprint density at radius 1 is 0.583 bits per heavy atom. The number of nitrogens with zero attached hydrogens (tertiary/aromatic N) is 4. The van der Waals surface area contributed by atoms with Gasteiger partial charge in [-0.2, -0.15) is 0 Å². The van der Waals surface area contributed by atoms with Crippen LogP contribution >= 0.6 is 0 Å². The van der Waals surface area contributed by atoms with Crippen molar-refractivity contribution in [1.82, 2.24) is 19.1 Å². The van der Waals surface area contributed by atoms with Crippen molar-refractivity contribution in [2.24, 2.45) is 0 Å². The summed E-state index contributed by atoms with van der Waals surface area (Å²) in [6, 6.07) is 24.5. The summed E-state index contributed by atoms with van der Waals surface area (Å²) in [7, 11) is -10.1. The summed E-state index contributed by atoms with van der Waals surface area (Å²) in [4.78, 5) is 36.5. The first-order chi connectivity index (χ1) is 22.9. The molecule has 0 aliphatic carbocycles. The van der Waals surface area contributed by atoms with Crippen molar-refractivity contribution in [1.29, 1.82) is 0 Å². The van der Waals surface area contributed by atoms with E-state index in [1.807, 2.05) is 0 Å². The minimum atomic E-state index is -5.06. The van der Waals surface area contributed by atoms with E-state index in [4.69, 9.17) is 0 Å². The van der Waals surface area contributed by atoms with Gasteiger partial charge < -0.3 is 17.5 Å². The molecule has 0 saturated heterocycles. The maximum Gasteiger partial charge on any atom is 0.262 e. The number of fused-ring (bicyclic) bond motifs is 2. The molecule has 48 heavy (non-hydrogen) atoms. The largest absolute Gasteiger partial charge is 0.716 e. The Labute approximate surface area is 272 Å². The van der Waals surface area contributed by atoms with Crippen molar-refractivity contribution in [2.75, 3.05) is 0 Å². The van der Waals surface area contributed by atoms with Gasteiger partial charge in [0.15, 0.2) is 0 Å². The smallest absolute Gasteiger partial charge is 0.262 e. The lowest BCUT2D eigenvalue weighted by molar-refractivity contribution is 0.370. The molecule has 0 unspecified atom stereocenters. The van der Waals surface area contributed by atoms with E-state index >= 15 is 0 Å². The molecule has 2 heterocycles. The van der Waals surface area contributed by atoms with E-state index in [0.29, 0.717) is 32.9 Å². The Morgan fingerprint density at radius 3 is 1.38 bits per heavy atom. The van der Waals surface area contributed by atoms with Crippen LogP contribution in [0.15, 0.2) is 119 Å². The zero-order valence-corrected chi connectivity index (χ0v) is 26.1. The minimum absolute atomic E-state index is 0.0350. The fourth-order valence-corrected chi connectivity index (χ4v) is 5.76. The molecule has 0 saturated carbocycles. The summed E-state index contributed by atoms with van der Waals surface area (Å²) < 4.78 is 78.8. The van der Waals surface area contributed by atoms with Gasteiger partial charge in [-0.15, -0.1) is 0 Å². The van der Waals surface area contributed by atoms with Crippen LogP contribution in [0.3, 0.4) is 0 Å². The van der Waals surface area contributed by atoms with Gasteiger partial charge in [0.25, 0.3) is 31.9 Å². The first-order valence-electron chi connectivity index (χ1n) is 14.0. The van der Waals surface area contributed by atoms with E-state index in [-0.39, 0.29) is 36.2 Å². The maximum absolute atomic E-state index is 13.6. The van der Waals surface area contributed by atoms with E-state index in [0.717, 1.165) is 0 Å². The lowest BCUT2D eigenvalue weighted by atomic mass is 10.1. The van der Waals surface area contributed by atoms with E-state index < -0.39 is 31.9 Å². The van der Waals surface area contributed by atoms with Crippen LogP contribution < -0.4 is 19.5 Å². The molecule has 0 radical (unpaired) electrons. The molecular formula is C32H22N4O10S2-2. The van der Waals surface area contributed by atoms with E-state index in [9.17, 15) is 35.5 Å². The van der Waals surface area contributed by atoms with Gasteiger partial charge in [-0.05, 0) is 48.5 Å². The molecule has 6 rings (SSSR count). The van der Waals surface area contributed by atoms with Crippen LogP contribution in [0.1, 0.15) is 0 Å². The summed E-state index contributed by atoms with van der Waals surface area (Å²) in [6.07, 6.45) is 3.25. The van der Waals surface area contributed by atoms with Gasteiger partial charge in [0.1, 0.15) is 23.1 Å². The van der Waals surface area contributed by atoms with Gasteiger partial charge in [-0.1, -0.05) is 60.7 Å². The normalized spacial score (nSPS) is 12.1. The van der Waals surface area contributed by atoms with Crippen molar-refractivity contribution < 1.29 is 34.3 Å². The number of para-hydroxylation sites is 2. The van der Waals surface area contributed by atoms with E-state index in [1.165, 1.54) is 45.5 Å². The van der Waals surface area contributed by atoms with Crippen LogP contribution in [0, 0.1) is 0 Å². The van der Waals surface area contributed by atoms with E-state index in [1.54, 1.807) is 72.8 Å². The number of aromatic nitrogens is 4. The van der Waals surface area contributed by atoms with Crippen LogP contribution in [0.25, 0.3) is 44.6 Å². The third-order valence-corrected chi connectivity index (χ3v) is 7.84. The summed E-state index contributed by atoms with van der Waals surface area (Å²) in [5, 5.41) is 0.646. The summed E-state index contributed by atoms with van der Waals surface area (Å²) >= 11 is 0. The Hall–Kier alpha value is -5.68. The second-order valence-corrected chi connectivity index (χ2v) is 12.2. The fourth-order valence-electron chi connectivity index (χ4n) is 5.09. The zero-order chi connectivity index (χ0) is 34.1. The Kier molecular flexibility index (Phi) is 8.63. The van der Waals surface area contributed by atoms with Gasteiger partial charge in [0.2, 0.25) is 0 Å². The number of hydrogen-bond donors (Lipinski definition) is 0. The van der Waals surface area contributed by atoms with E-state index in [2.05, 4.69) is 18.3 Å². The van der Waals surface area contributed by atoms with Crippen LogP contribution in [0.5, 0.6) is 11.5 Å². The second-order valence-electron chi connectivity index (χ2n) is 10.2. The number of benzene rings is 4. The van der Waals surface area contributed by atoms with Crippen molar-refractivity contribution in [3.8, 4) is 34.3 Å². The summed E-state index contributed by atoms with van der Waals surface area (Å²) in [5.41, 5.74) is 0.556. The van der Waals surface area contributed by atoms with Gasteiger partial charge in [-0.3, -0.25) is 18.7 Å². The van der Waals surface area contributed by atoms with Gasteiger partial charge in [0, 0.05) is 24.2 Å². The molecule has 0 aliphatic heterocycles. The zero-order valence-electron chi connectivity index (χ0n) is 24.5. The van der Waals surface area contributed by atoms with Crippen LogP contribution in [0.4, 0.5) is 0 Å². The first kappa shape index (κ1) is 32.3. The predicted molar refractivity (Wildman–Crippen MR) is 173 cm³/mol. The lowest BCUT2D eigenvalue weighted by Gasteiger charge is -2.15. The van der Waals surface area contributed by atoms with Crippen LogP contribution in [-0.2, 0) is 33.9 Å². The maximum atomic E-state index is 13.6. The van der Waals surface area contributed by atoms with Crippen molar-refractivity contribution >= 4 is 42.6 Å². The predicted octanol–water partition coefficient (Wildman–Crippen LogP) is 3.37. The molecule has 244 valence electrons. The minimum Gasteiger partial charge on any atom is -0.716 e. The number of rotatable bonds is 10. The monoisotopic (exact) mass is 686 g/mol. The first-order valence-corrected chi connectivity index (χ1v) is 16.7. The van der Waals surface area contributed by atoms with Crippen LogP contribution in [-0.4, -0.2) is 45.0 Å². The molecule has 14 nitrogen and oxygen atoms in total. The molecule has 0 atom stereocenters. The third kappa shape index (κ3) is 7.16. The highest BCUT2D eigenvalue weighted by molar-refractivity contribution is 7.81. The average molecular weight is 687 g/mol. The molecule has 0 bridgehead atoms. The third-order valence-electron chi connectivity index (χ3n) is 7.05. The molecular weight excluding hydrogens is 665 g/mol. The molecule has 0 fully saturated rings. The number of allylic oxidation sites excluding steroid dienone is 2. The molecule has 0 aliphatic rings. The fraction of sp³-hybridized carbons (Fsp3) is 0.0625. The highest BCUT2D eigenvalue weighted by Gasteiger charge is 2.15. The molecule has 6 aromatic rings. The van der Waals surface area contributed by atoms with Crippen molar-refractivity contribution in [3.63, 3.8) is 0 Å². The molecule has 16 heteroatoms. The average Bonchev–Trinajstić information content (AvgIpc) is 3.03. The Balaban J connectivity index is 1.40. The molecule has 4 aromatic carbocycles.